The number of aryl methyl sites for hydroxylation is 2. The summed E-state index contributed by atoms with van der Waals surface area (Å²) in [5.74, 6) is -0.314. The molecule has 154 valence electrons. The lowest BCUT2D eigenvalue weighted by Crippen LogP contribution is -2.24. The number of nitrogens with zero attached hydrogens (tertiary/aromatic N) is 1. The fraction of sp³-hybridized carbons (Fsp3) is 0.478. The maximum absolute atomic E-state index is 13.1. The lowest BCUT2D eigenvalue weighted by molar-refractivity contribution is 0.00749. The minimum absolute atomic E-state index is 0.0682. The summed E-state index contributed by atoms with van der Waals surface area (Å²) in [7, 11) is 0. The van der Waals surface area contributed by atoms with Gasteiger partial charge < -0.3 is 14.2 Å². The lowest BCUT2D eigenvalue weighted by Gasteiger charge is -2.21. The fourth-order valence-corrected chi connectivity index (χ4v) is 5.22. The first-order valence-electron chi connectivity index (χ1n) is 9.99. The van der Waals surface area contributed by atoms with Crippen molar-refractivity contribution in [3.8, 4) is 0 Å². The van der Waals surface area contributed by atoms with E-state index in [1.165, 1.54) is 22.5 Å². The second kappa shape index (κ2) is 7.35. The van der Waals surface area contributed by atoms with Crippen LogP contribution in [0.3, 0.4) is 0 Å². The molecule has 2 atom stereocenters. The molecule has 0 N–H and O–H groups in total. The molecule has 2 aromatic heterocycles. The Morgan fingerprint density at radius 1 is 1.28 bits per heavy atom. The van der Waals surface area contributed by atoms with Gasteiger partial charge in [-0.1, -0.05) is 19.1 Å². The zero-order valence-corrected chi connectivity index (χ0v) is 18.6. The standard InChI is InChI=1S/C23H27NO4S/c1-7-15-12(2)18-19(14-8-9-16-17(10-14)27-11-26-16)20(22(25)28-23(4,5)6)29-21(18)24-13(15)3/h8-10,16-17H,7,11H2,1-6H3. The van der Waals surface area contributed by atoms with Crippen LogP contribution in [-0.2, 0) is 20.6 Å². The minimum atomic E-state index is -0.568. The topological polar surface area (TPSA) is 57.7 Å². The molecule has 1 aliphatic carbocycles. The quantitative estimate of drug-likeness (QED) is 0.653. The van der Waals surface area contributed by atoms with Gasteiger partial charge in [-0.3, -0.25) is 0 Å². The van der Waals surface area contributed by atoms with E-state index >= 15 is 0 Å². The van der Waals surface area contributed by atoms with E-state index in [-0.39, 0.29) is 25.0 Å². The molecular formula is C23H27NO4S. The Labute approximate surface area is 175 Å². The molecule has 0 radical (unpaired) electrons. The van der Waals surface area contributed by atoms with Crippen LogP contribution in [0.25, 0.3) is 15.8 Å². The number of hydrogen-bond acceptors (Lipinski definition) is 6. The van der Waals surface area contributed by atoms with Gasteiger partial charge in [0.2, 0.25) is 0 Å². The van der Waals surface area contributed by atoms with Gasteiger partial charge in [0.05, 0.1) is 0 Å². The van der Waals surface area contributed by atoms with E-state index in [0.29, 0.717) is 4.88 Å². The Morgan fingerprint density at radius 3 is 2.69 bits per heavy atom. The van der Waals surface area contributed by atoms with E-state index in [2.05, 4.69) is 19.9 Å². The zero-order valence-electron chi connectivity index (χ0n) is 17.8. The Kier molecular flexibility index (Phi) is 5.13. The third-order valence-electron chi connectivity index (χ3n) is 5.30. The fourth-order valence-electron chi connectivity index (χ4n) is 4.04. The van der Waals surface area contributed by atoms with Crippen molar-refractivity contribution in [1.82, 2.24) is 4.98 Å². The monoisotopic (exact) mass is 413 g/mol. The van der Waals surface area contributed by atoms with Crippen LogP contribution in [0, 0.1) is 13.8 Å². The highest BCUT2D eigenvalue weighted by atomic mass is 32.1. The van der Waals surface area contributed by atoms with Crippen molar-refractivity contribution in [3.05, 3.63) is 45.5 Å². The summed E-state index contributed by atoms with van der Waals surface area (Å²) < 4.78 is 17.0. The molecule has 1 fully saturated rings. The molecule has 1 saturated heterocycles. The van der Waals surface area contributed by atoms with Gasteiger partial charge in [0.15, 0.2) is 0 Å². The molecule has 2 unspecified atom stereocenters. The second-order valence-electron chi connectivity index (χ2n) is 8.50. The van der Waals surface area contributed by atoms with Crippen molar-refractivity contribution >= 4 is 33.1 Å². The number of carbonyl (C=O) groups is 1. The van der Waals surface area contributed by atoms with E-state index in [0.717, 1.165) is 33.5 Å². The Morgan fingerprint density at radius 2 is 2.00 bits per heavy atom. The van der Waals surface area contributed by atoms with Crippen LogP contribution < -0.4 is 0 Å². The molecule has 0 spiro atoms. The molecule has 2 aliphatic rings. The van der Waals surface area contributed by atoms with Gasteiger partial charge in [0.1, 0.15) is 34.3 Å². The molecule has 4 rings (SSSR count). The van der Waals surface area contributed by atoms with Gasteiger partial charge in [0.25, 0.3) is 0 Å². The molecule has 29 heavy (non-hydrogen) atoms. The number of aromatic nitrogens is 1. The molecule has 0 saturated carbocycles. The van der Waals surface area contributed by atoms with Gasteiger partial charge in [-0.05, 0) is 63.8 Å². The molecule has 0 bridgehead atoms. The van der Waals surface area contributed by atoms with Crippen LogP contribution in [0.2, 0.25) is 0 Å². The first-order chi connectivity index (χ1) is 13.7. The maximum Gasteiger partial charge on any atom is 0.349 e. The summed E-state index contributed by atoms with van der Waals surface area (Å²) in [4.78, 5) is 19.4. The van der Waals surface area contributed by atoms with Crippen LogP contribution in [0.15, 0.2) is 18.2 Å². The first-order valence-corrected chi connectivity index (χ1v) is 10.8. The number of esters is 1. The molecule has 6 heteroatoms. The molecule has 3 heterocycles. The van der Waals surface area contributed by atoms with Crippen molar-refractivity contribution in [2.75, 3.05) is 6.79 Å². The van der Waals surface area contributed by atoms with Crippen molar-refractivity contribution in [2.45, 2.75) is 65.8 Å². The summed E-state index contributed by atoms with van der Waals surface area (Å²) >= 11 is 1.41. The molecule has 2 aromatic rings. The number of hydrogen-bond donors (Lipinski definition) is 0. The van der Waals surface area contributed by atoms with Gasteiger partial charge in [-0.15, -0.1) is 11.3 Å². The highest BCUT2D eigenvalue weighted by molar-refractivity contribution is 7.20. The summed E-state index contributed by atoms with van der Waals surface area (Å²) in [5, 5.41) is 1.03. The predicted molar refractivity (Wildman–Crippen MR) is 115 cm³/mol. The van der Waals surface area contributed by atoms with Crippen molar-refractivity contribution in [1.29, 1.82) is 0 Å². The Hall–Kier alpha value is -2.02. The van der Waals surface area contributed by atoms with Crippen molar-refractivity contribution in [2.24, 2.45) is 0 Å². The largest absolute Gasteiger partial charge is 0.456 e. The zero-order chi connectivity index (χ0) is 20.9. The van der Waals surface area contributed by atoms with E-state index in [1.807, 2.05) is 39.8 Å². The second-order valence-corrected chi connectivity index (χ2v) is 9.50. The molecule has 1 aliphatic heterocycles. The van der Waals surface area contributed by atoms with Crippen LogP contribution in [-0.4, -0.2) is 35.6 Å². The summed E-state index contributed by atoms with van der Waals surface area (Å²) in [6.07, 6.45) is 6.78. The van der Waals surface area contributed by atoms with Crippen LogP contribution in [0.5, 0.6) is 0 Å². The number of ether oxygens (including phenoxy) is 3. The van der Waals surface area contributed by atoms with Gasteiger partial charge in [-0.25, -0.2) is 9.78 Å². The van der Waals surface area contributed by atoms with E-state index in [4.69, 9.17) is 19.2 Å². The molecular weight excluding hydrogens is 386 g/mol. The third-order valence-corrected chi connectivity index (χ3v) is 6.37. The summed E-state index contributed by atoms with van der Waals surface area (Å²) in [6, 6.07) is 0. The van der Waals surface area contributed by atoms with Crippen molar-refractivity contribution < 1.29 is 19.0 Å². The number of carbonyl (C=O) groups excluding carboxylic acids is 1. The number of pyridine rings is 1. The highest BCUT2D eigenvalue weighted by Crippen LogP contribution is 2.41. The van der Waals surface area contributed by atoms with E-state index in [9.17, 15) is 4.79 Å². The smallest absolute Gasteiger partial charge is 0.349 e. The lowest BCUT2D eigenvalue weighted by atomic mass is 9.92. The number of fused-ring (bicyclic) bond motifs is 2. The van der Waals surface area contributed by atoms with Crippen molar-refractivity contribution in [3.63, 3.8) is 0 Å². The Bertz CT molecular complexity index is 1040. The van der Waals surface area contributed by atoms with E-state index in [1.54, 1.807) is 0 Å². The first kappa shape index (κ1) is 20.3. The van der Waals surface area contributed by atoms with Gasteiger partial charge >= 0.3 is 5.97 Å². The average Bonchev–Trinajstić information content (AvgIpc) is 3.24. The Balaban J connectivity index is 1.95. The van der Waals surface area contributed by atoms with Gasteiger partial charge in [-0.2, -0.15) is 0 Å². The van der Waals surface area contributed by atoms with Crippen LogP contribution >= 0.6 is 11.3 Å². The predicted octanol–water partition coefficient (Wildman–Crippen LogP) is 5.13. The van der Waals surface area contributed by atoms with Gasteiger partial charge in [0, 0.05) is 16.6 Å². The molecule has 5 nitrogen and oxygen atoms in total. The number of allylic oxidation sites excluding steroid dienone is 2. The number of rotatable bonds is 3. The van der Waals surface area contributed by atoms with Crippen LogP contribution in [0.4, 0.5) is 0 Å². The number of thiophene rings is 1. The highest BCUT2D eigenvalue weighted by Gasteiger charge is 2.32. The van der Waals surface area contributed by atoms with Crippen LogP contribution in [0.1, 0.15) is 59.8 Å². The normalized spacial score (nSPS) is 21.4. The summed E-state index contributed by atoms with van der Waals surface area (Å²) in [6.45, 7) is 12.2. The third kappa shape index (κ3) is 3.65. The molecule has 0 aromatic carbocycles. The average molecular weight is 414 g/mol. The SMILES string of the molecule is CCc1c(C)nc2sc(C(=O)OC(C)(C)C)c(C3=CC4OCOC4C=C3)c2c1C. The van der Waals surface area contributed by atoms with E-state index < -0.39 is 5.60 Å². The summed E-state index contributed by atoms with van der Waals surface area (Å²) in [5.41, 5.74) is 4.70. The minimum Gasteiger partial charge on any atom is -0.456 e. The molecule has 0 amide bonds. The maximum atomic E-state index is 13.1.